The summed E-state index contributed by atoms with van der Waals surface area (Å²) in [6, 6.07) is 12.2. The second kappa shape index (κ2) is 3.38. The van der Waals surface area contributed by atoms with E-state index in [-0.39, 0.29) is 0 Å². The summed E-state index contributed by atoms with van der Waals surface area (Å²) < 4.78 is 6.34. The number of benzene rings is 2. The van der Waals surface area contributed by atoms with Crippen LogP contribution in [0.15, 0.2) is 40.9 Å². The van der Waals surface area contributed by atoms with E-state index < -0.39 is 0 Å². The van der Waals surface area contributed by atoms with Crippen molar-refractivity contribution in [1.82, 2.24) is 0 Å². The molecule has 0 saturated carbocycles. The molecule has 0 radical (unpaired) electrons. The lowest BCUT2D eigenvalue weighted by Gasteiger charge is -2.04. The van der Waals surface area contributed by atoms with Crippen LogP contribution in [0.1, 0.15) is 0 Å². The van der Waals surface area contributed by atoms with Gasteiger partial charge in [-0.2, -0.15) is 0 Å². The Labute approximate surface area is 85.5 Å². The topological polar surface area (TPSA) is 9.23 Å². The van der Waals surface area contributed by atoms with Gasteiger partial charge in [-0.05, 0) is 29.7 Å². The van der Waals surface area contributed by atoms with Crippen molar-refractivity contribution in [2.45, 2.75) is 0 Å². The number of methoxy groups -OCH3 is 1. The summed E-state index contributed by atoms with van der Waals surface area (Å²) in [5.41, 5.74) is 0. The Balaban J connectivity index is 2.77. The summed E-state index contributed by atoms with van der Waals surface area (Å²) in [6.45, 7) is 0. The maximum atomic E-state index is 5.25. The van der Waals surface area contributed by atoms with E-state index in [9.17, 15) is 0 Å². The normalized spacial score (nSPS) is 10.3. The van der Waals surface area contributed by atoms with E-state index in [2.05, 4.69) is 34.1 Å². The molecule has 13 heavy (non-hydrogen) atoms. The largest absolute Gasteiger partial charge is 0.496 e. The molecule has 0 aliphatic heterocycles. The second-order valence-electron chi connectivity index (χ2n) is 2.83. The third-order valence-corrected chi connectivity index (χ3v) is 2.52. The molecule has 0 fully saturated rings. The van der Waals surface area contributed by atoms with Crippen LogP contribution in [0.25, 0.3) is 10.8 Å². The third-order valence-electron chi connectivity index (χ3n) is 2.02. The molecular weight excluding hydrogens is 228 g/mol. The zero-order valence-corrected chi connectivity index (χ0v) is 8.84. The highest BCUT2D eigenvalue weighted by Crippen LogP contribution is 2.27. The molecule has 66 valence electrons. The van der Waals surface area contributed by atoms with Gasteiger partial charge in [0.2, 0.25) is 0 Å². The standard InChI is InChI=1S/C11H9BrO/c1-13-11-4-2-3-8-7-9(12)5-6-10(8)11/h2-7H,1H3. The number of fused-ring (bicyclic) bond motifs is 1. The average Bonchev–Trinajstić information content (AvgIpc) is 2.16. The van der Waals surface area contributed by atoms with Crippen molar-refractivity contribution in [3.8, 4) is 5.75 Å². The third kappa shape index (κ3) is 1.54. The fourth-order valence-electron chi connectivity index (χ4n) is 1.40. The second-order valence-corrected chi connectivity index (χ2v) is 3.74. The summed E-state index contributed by atoms with van der Waals surface area (Å²) in [5.74, 6) is 0.921. The summed E-state index contributed by atoms with van der Waals surface area (Å²) in [4.78, 5) is 0. The maximum Gasteiger partial charge on any atom is 0.126 e. The molecule has 0 bridgehead atoms. The minimum Gasteiger partial charge on any atom is -0.496 e. The number of hydrogen-bond acceptors (Lipinski definition) is 1. The first kappa shape index (κ1) is 8.57. The molecule has 2 heteroatoms. The molecule has 2 aromatic carbocycles. The molecule has 0 N–H and O–H groups in total. The van der Waals surface area contributed by atoms with Crippen LogP contribution in [0, 0.1) is 0 Å². The number of rotatable bonds is 1. The minimum atomic E-state index is 0.921. The number of halogens is 1. The quantitative estimate of drug-likeness (QED) is 0.736. The Morgan fingerprint density at radius 2 is 2.00 bits per heavy atom. The van der Waals surface area contributed by atoms with E-state index in [1.165, 1.54) is 5.39 Å². The molecule has 2 aromatic rings. The van der Waals surface area contributed by atoms with E-state index in [0.29, 0.717) is 0 Å². The Morgan fingerprint density at radius 1 is 1.15 bits per heavy atom. The van der Waals surface area contributed by atoms with Gasteiger partial charge in [-0.25, -0.2) is 0 Å². The smallest absolute Gasteiger partial charge is 0.126 e. The molecule has 0 heterocycles. The molecule has 0 unspecified atom stereocenters. The monoisotopic (exact) mass is 236 g/mol. The van der Waals surface area contributed by atoms with Crippen molar-refractivity contribution < 1.29 is 4.74 Å². The van der Waals surface area contributed by atoms with Crippen LogP contribution >= 0.6 is 15.9 Å². The summed E-state index contributed by atoms with van der Waals surface area (Å²) in [7, 11) is 1.69. The molecule has 0 aliphatic carbocycles. The molecule has 1 nitrogen and oxygen atoms in total. The zero-order chi connectivity index (χ0) is 9.26. The fourth-order valence-corrected chi connectivity index (χ4v) is 1.78. The van der Waals surface area contributed by atoms with Crippen molar-refractivity contribution in [1.29, 1.82) is 0 Å². The Kier molecular flexibility index (Phi) is 2.23. The first-order chi connectivity index (χ1) is 6.31. The van der Waals surface area contributed by atoms with Crippen LogP contribution < -0.4 is 4.74 Å². The minimum absolute atomic E-state index is 0.921. The van der Waals surface area contributed by atoms with Crippen molar-refractivity contribution >= 4 is 26.7 Å². The van der Waals surface area contributed by atoms with Gasteiger partial charge in [0, 0.05) is 9.86 Å². The molecule has 0 saturated heterocycles. The fraction of sp³-hybridized carbons (Fsp3) is 0.0909. The van der Waals surface area contributed by atoms with Crippen LogP contribution in [-0.2, 0) is 0 Å². The molecule has 2 rings (SSSR count). The summed E-state index contributed by atoms with van der Waals surface area (Å²) in [6.07, 6.45) is 0. The predicted molar refractivity (Wildman–Crippen MR) is 58.2 cm³/mol. The Bertz CT molecular complexity index is 437. The van der Waals surface area contributed by atoms with Crippen LogP contribution in [0.5, 0.6) is 5.75 Å². The lowest BCUT2D eigenvalue weighted by molar-refractivity contribution is 0.420. The highest BCUT2D eigenvalue weighted by molar-refractivity contribution is 9.10. The zero-order valence-electron chi connectivity index (χ0n) is 7.25. The van der Waals surface area contributed by atoms with Gasteiger partial charge in [-0.1, -0.05) is 28.1 Å². The van der Waals surface area contributed by atoms with E-state index in [4.69, 9.17) is 4.74 Å². The van der Waals surface area contributed by atoms with Gasteiger partial charge >= 0.3 is 0 Å². The summed E-state index contributed by atoms with van der Waals surface area (Å²) in [5, 5.41) is 2.34. The van der Waals surface area contributed by atoms with Gasteiger partial charge in [0.15, 0.2) is 0 Å². The number of hydrogen-bond donors (Lipinski definition) is 0. The maximum absolute atomic E-state index is 5.25. The van der Waals surface area contributed by atoms with Crippen LogP contribution in [-0.4, -0.2) is 7.11 Å². The molecule has 0 aliphatic rings. The Morgan fingerprint density at radius 3 is 2.77 bits per heavy atom. The highest BCUT2D eigenvalue weighted by atomic mass is 79.9. The molecule has 0 amide bonds. The average molecular weight is 237 g/mol. The number of ether oxygens (including phenoxy) is 1. The van der Waals surface area contributed by atoms with Crippen LogP contribution in [0.2, 0.25) is 0 Å². The highest BCUT2D eigenvalue weighted by Gasteiger charge is 1.99. The van der Waals surface area contributed by atoms with Gasteiger partial charge in [-0.3, -0.25) is 0 Å². The van der Waals surface area contributed by atoms with Crippen molar-refractivity contribution in [2.75, 3.05) is 7.11 Å². The Hall–Kier alpha value is -1.02. The lowest BCUT2D eigenvalue weighted by Crippen LogP contribution is -1.83. The van der Waals surface area contributed by atoms with Gasteiger partial charge in [0.25, 0.3) is 0 Å². The van der Waals surface area contributed by atoms with E-state index >= 15 is 0 Å². The first-order valence-electron chi connectivity index (χ1n) is 4.03. The van der Waals surface area contributed by atoms with Crippen molar-refractivity contribution in [3.05, 3.63) is 40.9 Å². The van der Waals surface area contributed by atoms with Gasteiger partial charge in [-0.15, -0.1) is 0 Å². The van der Waals surface area contributed by atoms with Gasteiger partial charge in [0.05, 0.1) is 7.11 Å². The van der Waals surface area contributed by atoms with Crippen molar-refractivity contribution in [2.24, 2.45) is 0 Å². The lowest BCUT2D eigenvalue weighted by atomic mass is 10.1. The first-order valence-corrected chi connectivity index (χ1v) is 4.83. The SMILES string of the molecule is COc1cccc2cc(Br)ccc12. The molecule has 0 spiro atoms. The van der Waals surface area contributed by atoms with E-state index in [1.807, 2.05) is 18.2 Å². The van der Waals surface area contributed by atoms with Crippen molar-refractivity contribution in [3.63, 3.8) is 0 Å². The predicted octanol–water partition coefficient (Wildman–Crippen LogP) is 3.61. The van der Waals surface area contributed by atoms with Gasteiger partial charge < -0.3 is 4.74 Å². The molecular formula is C11H9BrO. The van der Waals surface area contributed by atoms with E-state index in [1.54, 1.807) is 7.11 Å². The molecule has 0 atom stereocenters. The molecule has 0 aromatic heterocycles. The van der Waals surface area contributed by atoms with Gasteiger partial charge in [0.1, 0.15) is 5.75 Å². The van der Waals surface area contributed by atoms with Crippen LogP contribution in [0.4, 0.5) is 0 Å². The van der Waals surface area contributed by atoms with Crippen LogP contribution in [0.3, 0.4) is 0 Å². The van der Waals surface area contributed by atoms with E-state index in [0.717, 1.165) is 15.6 Å². The summed E-state index contributed by atoms with van der Waals surface area (Å²) >= 11 is 3.44.